The molecule has 3 nitrogen and oxygen atoms in total. The van der Waals surface area contributed by atoms with Crippen molar-refractivity contribution in [1.29, 1.82) is 0 Å². The molecule has 0 heterocycles. The minimum absolute atomic E-state index is 0.698. The highest BCUT2D eigenvalue weighted by Gasteiger charge is 1.98. The first-order chi connectivity index (χ1) is 10.2. The predicted octanol–water partition coefficient (Wildman–Crippen LogP) is 3.58. The molecule has 0 unspecified atom stereocenters. The Balaban J connectivity index is 2.10. The Morgan fingerprint density at radius 1 is 1.10 bits per heavy atom. The first-order valence-corrected chi connectivity index (χ1v) is 8.70. The van der Waals surface area contributed by atoms with Gasteiger partial charge in [0.05, 0.1) is 6.61 Å². The van der Waals surface area contributed by atoms with E-state index in [2.05, 4.69) is 43.4 Å². The Morgan fingerprint density at radius 3 is 2.52 bits per heavy atom. The zero-order valence-corrected chi connectivity index (χ0v) is 14.4. The largest absolute Gasteiger partial charge is 0.385 e. The van der Waals surface area contributed by atoms with E-state index < -0.39 is 0 Å². The van der Waals surface area contributed by atoms with Gasteiger partial charge in [-0.25, -0.2) is 0 Å². The number of ether oxygens (including phenoxy) is 2. The standard InChI is InChI=1S/C17H29NO2S/c1-15(2)13-18-14-16-5-7-17(8-6-16)21-12-11-20-10-4-9-19-3/h5-8,15,18H,4,9-14H2,1-3H3. The summed E-state index contributed by atoms with van der Waals surface area (Å²) in [7, 11) is 1.72. The topological polar surface area (TPSA) is 30.5 Å². The van der Waals surface area contributed by atoms with E-state index >= 15 is 0 Å². The van der Waals surface area contributed by atoms with Crippen LogP contribution in [0.3, 0.4) is 0 Å². The fourth-order valence-corrected chi connectivity index (χ4v) is 2.60. The van der Waals surface area contributed by atoms with Crippen LogP contribution in [-0.4, -0.2) is 39.2 Å². The molecule has 1 rings (SSSR count). The molecule has 0 saturated heterocycles. The first-order valence-electron chi connectivity index (χ1n) is 7.71. The summed E-state index contributed by atoms with van der Waals surface area (Å²) in [6, 6.07) is 8.80. The Labute approximate surface area is 133 Å². The summed E-state index contributed by atoms with van der Waals surface area (Å²) < 4.78 is 10.5. The quantitative estimate of drug-likeness (QED) is 0.472. The lowest BCUT2D eigenvalue weighted by Gasteiger charge is -2.08. The van der Waals surface area contributed by atoms with Crippen LogP contribution in [0.1, 0.15) is 25.8 Å². The van der Waals surface area contributed by atoms with Crippen molar-refractivity contribution in [1.82, 2.24) is 5.32 Å². The smallest absolute Gasteiger partial charge is 0.0560 e. The van der Waals surface area contributed by atoms with Gasteiger partial charge in [0.2, 0.25) is 0 Å². The second-order valence-corrected chi connectivity index (χ2v) is 6.64. The van der Waals surface area contributed by atoms with Gasteiger partial charge < -0.3 is 14.8 Å². The molecule has 0 saturated carbocycles. The van der Waals surface area contributed by atoms with Crippen LogP contribution >= 0.6 is 11.8 Å². The van der Waals surface area contributed by atoms with Gasteiger partial charge >= 0.3 is 0 Å². The van der Waals surface area contributed by atoms with Crippen molar-refractivity contribution in [2.24, 2.45) is 5.92 Å². The van der Waals surface area contributed by atoms with E-state index in [1.54, 1.807) is 7.11 Å². The van der Waals surface area contributed by atoms with Gasteiger partial charge in [-0.05, 0) is 36.6 Å². The van der Waals surface area contributed by atoms with Crippen molar-refractivity contribution in [3.05, 3.63) is 29.8 Å². The average Bonchev–Trinajstić information content (AvgIpc) is 2.47. The van der Waals surface area contributed by atoms with E-state index in [0.29, 0.717) is 5.92 Å². The van der Waals surface area contributed by atoms with Crippen molar-refractivity contribution >= 4 is 11.8 Å². The predicted molar refractivity (Wildman–Crippen MR) is 91.0 cm³/mol. The van der Waals surface area contributed by atoms with Gasteiger partial charge in [-0.15, -0.1) is 11.8 Å². The van der Waals surface area contributed by atoms with Gasteiger partial charge in [0.15, 0.2) is 0 Å². The summed E-state index contributed by atoms with van der Waals surface area (Å²) in [6.07, 6.45) is 0.971. The summed E-state index contributed by atoms with van der Waals surface area (Å²) >= 11 is 1.84. The Hall–Kier alpha value is -0.550. The van der Waals surface area contributed by atoms with Gasteiger partial charge in [-0.2, -0.15) is 0 Å². The highest BCUT2D eigenvalue weighted by molar-refractivity contribution is 7.99. The summed E-state index contributed by atoms with van der Waals surface area (Å²) in [5, 5.41) is 3.46. The molecule has 0 bridgehead atoms. The van der Waals surface area contributed by atoms with Gasteiger partial charge in [0.25, 0.3) is 0 Å². The fraction of sp³-hybridized carbons (Fsp3) is 0.647. The molecule has 21 heavy (non-hydrogen) atoms. The van der Waals surface area contributed by atoms with E-state index in [4.69, 9.17) is 9.47 Å². The second kappa shape index (κ2) is 12.0. The first kappa shape index (κ1) is 18.5. The van der Waals surface area contributed by atoms with E-state index in [1.165, 1.54) is 10.5 Å². The summed E-state index contributed by atoms with van der Waals surface area (Å²) in [5.74, 6) is 1.70. The van der Waals surface area contributed by atoms with Crippen LogP contribution in [0.25, 0.3) is 0 Å². The molecular weight excluding hydrogens is 282 g/mol. The fourth-order valence-electron chi connectivity index (χ4n) is 1.83. The lowest BCUT2D eigenvalue weighted by atomic mass is 10.2. The van der Waals surface area contributed by atoms with Gasteiger partial charge in [0.1, 0.15) is 0 Å². The minimum atomic E-state index is 0.698. The molecule has 0 aliphatic rings. The zero-order valence-electron chi connectivity index (χ0n) is 13.6. The molecule has 1 aromatic rings. The zero-order chi connectivity index (χ0) is 15.3. The molecule has 1 N–H and O–H groups in total. The summed E-state index contributed by atoms with van der Waals surface area (Å²) in [6.45, 7) is 8.83. The van der Waals surface area contributed by atoms with Crippen LogP contribution in [0.5, 0.6) is 0 Å². The van der Waals surface area contributed by atoms with Crippen molar-refractivity contribution < 1.29 is 9.47 Å². The van der Waals surface area contributed by atoms with E-state index in [0.717, 1.165) is 45.1 Å². The molecule has 0 amide bonds. The summed E-state index contributed by atoms with van der Waals surface area (Å²) in [5.41, 5.74) is 1.34. The molecule has 0 spiro atoms. The highest BCUT2D eigenvalue weighted by Crippen LogP contribution is 2.18. The van der Waals surface area contributed by atoms with Crippen LogP contribution in [0.4, 0.5) is 0 Å². The number of hydrogen-bond donors (Lipinski definition) is 1. The van der Waals surface area contributed by atoms with Crippen LogP contribution in [0, 0.1) is 5.92 Å². The van der Waals surface area contributed by atoms with E-state index in [-0.39, 0.29) is 0 Å². The number of rotatable bonds is 12. The Kier molecular flexibility index (Phi) is 10.6. The molecule has 4 heteroatoms. The maximum atomic E-state index is 5.55. The van der Waals surface area contributed by atoms with Crippen LogP contribution in [-0.2, 0) is 16.0 Å². The number of thioether (sulfide) groups is 1. The maximum absolute atomic E-state index is 5.55. The van der Waals surface area contributed by atoms with Crippen molar-refractivity contribution in [2.45, 2.75) is 31.7 Å². The van der Waals surface area contributed by atoms with Crippen LogP contribution in [0.15, 0.2) is 29.2 Å². The Morgan fingerprint density at radius 2 is 1.86 bits per heavy atom. The molecule has 0 atom stereocenters. The number of nitrogens with one attached hydrogen (secondary N) is 1. The van der Waals surface area contributed by atoms with Gasteiger partial charge in [-0.3, -0.25) is 0 Å². The second-order valence-electron chi connectivity index (χ2n) is 5.48. The molecular formula is C17H29NO2S. The van der Waals surface area contributed by atoms with Gasteiger partial charge in [0, 0.05) is 37.5 Å². The molecule has 120 valence electrons. The van der Waals surface area contributed by atoms with Crippen LogP contribution < -0.4 is 5.32 Å². The molecule has 0 fully saturated rings. The number of methoxy groups -OCH3 is 1. The third-order valence-electron chi connectivity index (χ3n) is 2.94. The van der Waals surface area contributed by atoms with E-state index in [9.17, 15) is 0 Å². The lowest BCUT2D eigenvalue weighted by Crippen LogP contribution is -2.18. The van der Waals surface area contributed by atoms with Crippen molar-refractivity contribution in [3.8, 4) is 0 Å². The third kappa shape index (κ3) is 9.91. The normalized spacial score (nSPS) is 11.2. The molecule has 0 aliphatic carbocycles. The highest BCUT2D eigenvalue weighted by atomic mass is 32.2. The van der Waals surface area contributed by atoms with Crippen LogP contribution in [0.2, 0.25) is 0 Å². The van der Waals surface area contributed by atoms with E-state index in [1.807, 2.05) is 11.8 Å². The molecule has 0 aromatic heterocycles. The lowest BCUT2D eigenvalue weighted by molar-refractivity contribution is 0.113. The van der Waals surface area contributed by atoms with Gasteiger partial charge in [-0.1, -0.05) is 26.0 Å². The third-order valence-corrected chi connectivity index (χ3v) is 3.91. The van der Waals surface area contributed by atoms with Crippen molar-refractivity contribution in [3.63, 3.8) is 0 Å². The number of hydrogen-bond acceptors (Lipinski definition) is 4. The monoisotopic (exact) mass is 311 g/mol. The summed E-state index contributed by atoms with van der Waals surface area (Å²) in [4.78, 5) is 1.31. The molecule has 1 aromatic carbocycles. The maximum Gasteiger partial charge on any atom is 0.0560 e. The minimum Gasteiger partial charge on any atom is -0.385 e. The molecule has 0 radical (unpaired) electrons. The molecule has 0 aliphatic heterocycles. The van der Waals surface area contributed by atoms with Crippen molar-refractivity contribution in [2.75, 3.05) is 39.2 Å². The average molecular weight is 311 g/mol. The Bertz CT molecular complexity index is 354. The number of benzene rings is 1. The SMILES string of the molecule is COCCCOCCSc1ccc(CNCC(C)C)cc1.